The lowest BCUT2D eigenvalue weighted by molar-refractivity contribution is -0.123. The summed E-state index contributed by atoms with van der Waals surface area (Å²) in [5.41, 5.74) is 1.08. The lowest BCUT2D eigenvalue weighted by atomic mass is 9.84. The predicted molar refractivity (Wildman–Crippen MR) is 93.5 cm³/mol. The molecule has 0 bridgehead atoms. The lowest BCUT2D eigenvalue weighted by Gasteiger charge is -2.28. The van der Waals surface area contributed by atoms with Gasteiger partial charge in [0.15, 0.2) is 0 Å². The Morgan fingerprint density at radius 3 is 2.78 bits per heavy atom. The first-order valence-corrected chi connectivity index (χ1v) is 8.83. The summed E-state index contributed by atoms with van der Waals surface area (Å²) < 4.78 is 5.53. The third kappa shape index (κ3) is 5.54. The van der Waals surface area contributed by atoms with E-state index < -0.39 is 0 Å². The average Bonchev–Trinajstić information content (AvgIpc) is 2.56. The van der Waals surface area contributed by atoms with Gasteiger partial charge in [-0.15, -0.1) is 0 Å². The van der Waals surface area contributed by atoms with Gasteiger partial charge in [0.1, 0.15) is 5.75 Å². The number of carbonyl (C=O) groups excluding carboxylic acids is 1. The van der Waals surface area contributed by atoms with Gasteiger partial charge in [-0.25, -0.2) is 0 Å². The van der Waals surface area contributed by atoms with Gasteiger partial charge in [-0.3, -0.25) is 4.79 Å². The molecule has 1 aromatic rings. The molecule has 1 amide bonds. The second kappa shape index (κ2) is 8.92. The zero-order valence-corrected chi connectivity index (χ0v) is 14.6. The number of nitrogens with one attached hydrogen (secondary N) is 2. The maximum Gasteiger partial charge on any atom is 0.220 e. The number of carbonyl (C=O) groups is 1. The summed E-state index contributed by atoms with van der Waals surface area (Å²) in [5.74, 6) is 2.11. The predicted octanol–water partition coefficient (Wildman–Crippen LogP) is 3.29. The Morgan fingerprint density at radius 1 is 1.35 bits per heavy atom. The van der Waals surface area contributed by atoms with Gasteiger partial charge in [-0.2, -0.15) is 0 Å². The van der Waals surface area contributed by atoms with Gasteiger partial charge in [0, 0.05) is 6.42 Å². The van der Waals surface area contributed by atoms with Crippen LogP contribution in [0.1, 0.15) is 51.6 Å². The van der Waals surface area contributed by atoms with Crippen molar-refractivity contribution in [2.45, 2.75) is 46.1 Å². The first-order chi connectivity index (χ1) is 11.1. The van der Waals surface area contributed by atoms with E-state index in [9.17, 15) is 4.79 Å². The van der Waals surface area contributed by atoms with Gasteiger partial charge in [-0.1, -0.05) is 19.1 Å². The minimum Gasteiger partial charge on any atom is -0.494 e. The molecule has 2 unspecified atom stereocenters. The zero-order valence-electron chi connectivity index (χ0n) is 14.6. The average molecular weight is 318 g/mol. The Labute approximate surface area is 140 Å². The minimum absolute atomic E-state index is 0.00290. The smallest absolute Gasteiger partial charge is 0.220 e. The summed E-state index contributed by atoms with van der Waals surface area (Å²) in [6.45, 7) is 9.01. The Hall–Kier alpha value is -1.55. The van der Waals surface area contributed by atoms with Crippen LogP contribution in [0.4, 0.5) is 0 Å². The van der Waals surface area contributed by atoms with Crippen LogP contribution in [0.15, 0.2) is 24.3 Å². The van der Waals surface area contributed by atoms with Crippen LogP contribution in [0.2, 0.25) is 0 Å². The van der Waals surface area contributed by atoms with Crippen LogP contribution in [0, 0.1) is 11.8 Å². The summed E-state index contributed by atoms with van der Waals surface area (Å²) in [7, 11) is 0. The van der Waals surface area contributed by atoms with Crippen LogP contribution >= 0.6 is 0 Å². The van der Waals surface area contributed by atoms with Crippen LogP contribution in [0.5, 0.6) is 5.75 Å². The van der Waals surface area contributed by atoms with Crippen molar-refractivity contribution in [3.8, 4) is 5.75 Å². The van der Waals surface area contributed by atoms with Gasteiger partial charge < -0.3 is 15.4 Å². The van der Waals surface area contributed by atoms with Gasteiger partial charge >= 0.3 is 0 Å². The molecule has 1 aliphatic heterocycles. The summed E-state index contributed by atoms with van der Waals surface area (Å²) in [5, 5.41) is 6.51. The molecular formula is C19H30N2O2. The fourth-order valence-corrected chi connectivity index (χ4v) is 3.30. The Balaban J connectivity index is 1.85. The van der Waals surface area contributed by atoms with Crippen molar-refractivity contribution in [1.29, 1.82) is 0 Å². The molecule has 1 saturated heterocycles. The SMILES string of the molecule is CCOc1cccc(C(C)NC(=O)CC(C)C2CCNCC2)c1. The highest BCUT2D eigenvalue weighted by Crippen LogP contribution is 2.25. The largest absolute Gasteiger partial charge is 0.494 e. The van der Waals surface area contributed by atoms with Crippen molar-refractivity contribution in [2.75, 3.05) is 19.7 Å². The van der Waals surface area contributed by atoms with Crippen molar-refractivity contribution >= 4 is 5.91 Å². The van der Waals surface area contributed by atoms with E-state index in [-0.39, 0.29) is 11.9 Å². The first-order valence-electron chi connectivity index (χ1n) is 8.83. The highest BCUT2D eigenvalue weighted by molar-refractivity contribution is 5.76. The molecule has 0 aliphatic carbocycles. The second-order valence-corrected chi connectivity index (χ2v) is 6.56. The number of hydrogen-bond donors (Lipinski definition) is 2. The molecule has 2 atom stereocenters. The van der Waals surface area contributed by atoms with E-state index in [4.69, 9.17) is 4.74 Å². The topological polar surface area (TPSA) is 50.4 Å². The molecule has 4 nitrogen and oxygen atoms in total. The molecule has 128 valence electrons. The molecule has 2 N–H and O–H groups in total. The number of piperidine rings is 1. The first kappa shape index (κ1) is 17.8. The molecule has 1 heterocycles. The fourth-order valence-electron chi connectivity index (χ4n) is 3.30. The molecule has 23 heavy (non-hydrogen) atoms. The molecule has 1 aromatic carbocycles. The monoisotopic (exact) mass is 318 g/mol. The third-order valence-corrected chi connectivity index (χ3v) is 4.74. The van der Waals surface area contributed by atoms with E-state index >= 15 is 0 Å². The number of benzene rings is 1. The number of hydrogen-bond acceptors (Lipinski definition) is 3. The fraction of sp³-hybridized carbons (Fsp3) is 0.632. The van der Waals surface area contributed by atoms with Crippen LogP contribution < -0.4 is 15.4 Å². The quantitative estimate of drug-likeness (QED) is 0.811. The molecule has 0 aromatic heterocycles. The highest BCUT2D eigenvalue weighted by atomic mass is 16.5. The molecule has 2 rings (SSSR count). The van der Waals surface area contributed by atoms with E-state index in [2.05, 4.69) is 17.6 Å². The summed E-state index contributed by atoms with van der Waals surface area (Å²) in [6.07, 6.45) is 2.97. The highest BCUT2D eigenvalue weighted by Gasteiger charge is 2.22. The molecule has 4 heteroatoms. The molecule has 0 radical (unpaired) electrons. The van der Waals surface area contributed by atoms with E-state index in [1.54, 1.807) is 0 Å². The summed E-state index contributed by atoms with van der Waals surface area (Å²) in [6, 6.07) is 7.96. The number of rotatable bonds is 7. The van der Waals surface area contributed by atoms with Gasteiger partial charge in [-0.05, 0) is 69.3 Å². The lowest BCUT2D eigenvalue weighted by Crippen LogP contribution is -2.34. The third-order valence-electron chi connectivity index (χ3n) is 4.74. The Bertz CT molecular complexity index is 498. The number of ether oxygens (including phenoxy) is 1. The maximum absolute atomic E-state index is 12.3. The van der Waals surface area contributed by atoms with Crippen LogP contribution in [0.25, 0.3) is 0 Å². The Kier molecular flexibility index (Phi) is 6.90. The minimum atomic E-state index is 0.00290. The van der Waals surface area contributed by atoms with Crippen LogP contribution in [-0.4, -0.2) is 25.6 Å². The second-order valence-electron chi connectivity index (χ2n) is 6.56. The van der Waals surface area contributed by atoms with Crippen molar-refractivity contribution in [3.63, 3.8) is 0 Å². The number of amides is 1. The Morgan fingerprint density at radius 2 is 2.09 bits per heavy atom. The molecular weight excluding hydrogens is 288 g/mol. The van der Waals surface area contributed by atoms with Crippen LogP contribution in [-0.2, 0) is 4.79 Å². The molecule has 1 fully saturated rings. The summed E-state index contributed by atoms with van der Waals surface area (Å²) in [4.78, 5) is 12.3. The standard InChI is InChI=1S/C19H30N2O2/c1-4-23-18-7-5-6-17(13-18)15(3)21-19(22)12-14(2)16-8-10-20-11-9-16/h5-7,13-16,20H,4,8-12H2,1-3H3,(H,21,22). The van der Waals surface area contributed by atoms with Crippen molar-refractivity contribution in [3.05, 3.63) is 29.8 Å². The van der Waals surface area contributed by atoms with Gasteiger partial charge in [0.25, 0.3) is 0 Å². The normalized spacial score (nSPS) is 18.2. The van der Waals surface area contributed by atoms with Crippen molar-refractivity contribution in [2.24, 2.45) is 11.8 Å². The van der Waals surface area contributed by atoms with Crippen molar-refractivity contribution in [1.82, 2.24) is 10.6 Å². The van der Waals surface area contributed by atoms with Crippen LogP contribution in [0.3, 0.4) is 0 Å². The molecule has 0 spiro atoms. The van der Waals surface area contributed by atoms with Crippen molar-refractivity contribution < 1.29 is 9.53 Å². The van der Waals surface area contributed by atoms with E-state index in [0.29, 0.717) is 24.9 Å². The summed E-state index contributed by atoms with van der Waals surface area (Å²) >= 11 is 0. The van der Waals surface area contributed by atoms with Gasteiger partial charge in [0.05, 0.1) is 12.6 Å². The zero-order chi connectivity index (χ0) is 16.7. The van der Waals surface area contributed by atoms with E-state index in [1.807, 2.05) is 38.1 Å². The van der Waals surface area contributed by atoms with E-state index in [0.717, 1.165) is 24.4 Å². The van der Waals surface area contributed by atoms with Gasteiger partial charge in [0.2, 0.25) is 5.91 Å². The van der Waals surface area contributed by atoms with E-state index in [1.165, 1.54) is 12.8 Å². The molecule has 0 saturated carbocycles. The molecule has 1 aliphatic rings. The maximum atomic E-state index is 12.3.